The molecule has 10 heteroatoms. The summed E-state index contributed by atoms with van der Waals surface area (Å²) in [5, 5.41) is 0.659. The number of nitrogens with zero attached hydrogens (tertiary/aromatic N) is 4. The van der Waals surface area contributed by atoms with E-state index in [1.165, 1.54) is 17.4 Å². The van der Waals surface area contributed by atoms with Gasteiger partial charge in [0.25, 0.3) is 5.56 Å². The Balaban J connectivity index is 1.46. The van der Waals surface area contributed by atoms with E-state index in [0.29, 0.717) is 43.2 Å². The average molecular weight is 437 g/mol. The second kappa shape index (κ2) is 7.66. The fourth-order valence-corrected chi connectivity index (χ4v) is 4.76. The van der Waals surface area contributed by atoms with Crippen LogP contribution in [0.5, 0.6) is 0 Å². The zero-order valence-electron chi connectivity index (χ0n) is 16.9. The molecule has 1 fully saturated rings. The predicted octanol–water partition coefficient (Wildman–Crippen LogP) is 3.90. The maximum atomic E-state index is 12.7. The lowest BCUT2D eigenvalue weighted by Gasteiger charge is -2.38. The van der Waals surface area contributed by atoms with E-state index >= 15 is 0 Å². The number of pyridine rings is 1. The van der Waals surface area contributed by atoms with Crippen LogP contribution >= 0.6 is 11.3 Å². The number of nitrogens with one attached hydrogen (secondary N) is 1. The van der Waals surface area contributed by atoms with Gasteiger partial charge in [-0.05, 0) is 38.5 Å². The maximum absolute atomic E-state index is 12.7. The number of aryl methyl sites for hydroxylation is 2. The minimum absolute atomic E-state index is 0.0764. The molecule has 1 saturated heterocycles. The first-order valence-corrected chi connectivity index (χ1v) is 10.5. The summed E-state index contributed by atoms with van der Waals surface area (Å²) >= 11 is 1.53. The Bertz CT molecular complexity index is 1110. The van der Waals surface area contributed by atoms with E-state index in [2.05, 4.69) is 14.9 Å². The van der Waals surface area contributed by atoms with Crippen molar-refractivity contribution in [3.63, 3.8) is 0 Å². The number of alkyl halides is 3. The van der Waals surface area contributed by atoms with Gasteiger partial charge in [-0.15, -0.1) is 11.3 Å². The molecule has 0 radical (unpaired) electrons. The summed E-state index contributed by atoms with van der Waals surface area (Å²) in [5.41, 5.74) is 0.111. The number of aromatic nitrogens is 3. The second-order valence-electron chi connectivity index (χ2n) is 7.52. The molecule has 1 atom stereocenters. The van der Waals surface area contributed by atoms with Crippen molar-refractivity contribution in [3.8, 4) is 0 Å². The number of hydrogen-bond donors (Lipinski definition) is 1. The highest BCUT2D eigenvalue weighted by Crippen LogP contribution is 2.30. The number of thiophene rings is 1. The average Bonchev–Trinajstić information content (AvgIpc) is 3.01. The lowest BCUT2D eigenvalue weighted by molar-refractivity contribution is -0.137. The molecule has 1 N–H and O–H groups in total. The molecular formula is C20H22F3N5OS. The van der Waals surface area contributed by atoms with E-state index in [9.17, 15) is 18.0 Å². The van der Waals surface area contributed by atoms with Crippen LogP contribution in [0.3, 0.4) is 0 Å². The van der Waals surface area contributed by atoms with Gasteiger partial charge < -0.3 is 9.88 Å². The van der Waals surface area contributed by atoms with Crippen molar-refractivity contribution in [1.29, 1.82) is 0 Å². The van der Waals surface area contributed by atoms with E-state index in [-0.39, 0.29) is 11.6 Å². The van der Waals surface area contributed by atoms with Gasteiger partial charge >= 0.3 is 6.18 Å². The number of piperazine rings is 1. The molecule has 3 aromatic rings. The first kappa shape index (κ1) is 20.8. The van der Waals surface area contributed by atoms with Crippen molar-refractivity contribution in [2.45, 2.75) is 33.0 Å². The number of halogens is 3. The van der Waals surface area contributed by atoms with Gasteiger partial charge in [0.2, 0.25) is 0 Å². The summed E-state index contributed by atoms with van der Waals surface area (Å²) in [4.78, 5) is 30.2. The third kappa shape index (κ3) is 3.81. The summed E-state index contributed by atoms with van der Waals surface area (Å²) in [6.07, 6.45) is -3.51. The number of anilines is 1. The SMILES string of the molecule is Cc1sc2nc(C(C)N3CCN(c4ccc(C(F)(F)F)cn4)CC3)[nH]c(=O)c2c1C. The summed E-state index contributed by atoms with van der Waals surface area (Å²) in [6.45, 7) is 8.56. The standard InChI is InChI=1S/C20H22F3N5OS/c1-11-13(3)30-19-16(11)18(29)25-17(26-19)12(2)27-6-8-28(9-7-27)15-5-4-14(10-24-15)20(21,22)23/h4-5,10,12H,6-9H2,1-3H3,(H,25,26,29). The zero-order chi connectivity index (χ0) is 21.6. The molecule has 0 amide bonds. The van der Waals surface area contributed by atoms with Crippen molar-refractivity contribution < 1.29 is 13.2 Å². The Kier molecular flexibility index (Phi) is 5.31. The molecule has 0 saturated carbocycles. The van der Waals surface area contributed by atoms with Gasteiger partial charge in [-0.25, -0.2) is 9.97 Å². The summed E-state index contributed by atoms with van der Waals surface area (Å²) in [6, 6.07) is 2.40. The molecule has 0 bridgehead atoms. The number of hydrogen-bond acceptors (Lipinski definition) is 6. The Morgan fingerprint density at radius 3 is 2.47 bits per heavy atom. The fraction of sp³-hybridized carbons (Fsp3) is 0.450. The number of aromatic amines is 1. The highest BCUT2D eigenvalue weighted by atomic mass is 32.1. The van der Waals surface area contributed by atoms with E-state index in [1.54, 1.807) is 0 Å². The Morgan fingerprint density at radius 1 is 1.17 bits per heavy atom. The molecule has 1 aliphatic rings. The van der Waals surface area contributed by atoms with Gasteiger partial charge in [0.05, 0.1) is 17.0 Å². The van der Waals surface area contributed by atoms with Gasteiger partial charge in [-0.1, -0.05) is 0 Å². The number of rotatable bonds is 3. The van der Waals surface area contributed by atoms with Crippen molar-refractivity contribution in [2.75, 3.05) is 31.1 Å². The molecule has 0 aliphatic carbocycles. The molecule has 0 spiro atoms. The molecule has 1 unspecified atom stereocenters. The van der Waals surface area contributed by atoms with Gasteiger partial charge in [0, 0.05) is 37.3 Å². The highest BCUT2D eigenvalue weighted by Gasteiger charge is 2.31. The molecule has 30 heavy (non-hydrogen) atoms. The topological polar surface area (TPSA) is 65.1 Å². The van der Waals surface area contributed by atoms with Crippen LogP contribution in [-0.2, 0) is 6.18 Å². The monoisotopic (exact) mass is 437 g/mol. The first-order valence-electron chi connectivity index (χ1n) is 9.67. The van der Waals surface area contributed by atoms with Gasteiger partial charge in [-0.3, -0.25) is 9.69 Å². The fourth-order valence-electron chi connectivity index (χ4n) is 3.72. The minimum Gasteiger partial charge on any atom is -0.354 e. The zero-order valence-corrected chi connectivity index (χ0v) is 17.7. The normalized spacial score (nSPS) is 16.9. The van der Waals surface area contributed by atoms with Crippen LogP contribution in [0.25, 0.3) is 10.2 Å². The Hall–Kier alpha value is -2.46. The first-order chi connectivity index (χ1) is 14.1. The summed E-state index contributed by atoms with van der Waals surface area (Å²) < 4.78 is 38.2. The summed E-state index contributed by atoms with van der Waals surface area (Å²) in [7, 11) is 0. The van der Waals surface area contributed by atoms with Crippen LogP contribution in [0.1, 0.15) is 34.8 Å². The van der Waals surface area contributed by atoms with Gasteiger partial charge in [-0.2, -0.15) is 13.2 Å². The highest BCUT2D eigenvalue weighted by molar-refractivity contribution is 7.18. The van der Waals surface area contributed by atoms with Crippen LogP contribution < -0.4 is 10.5 Å². The number of fused-ring (bicyclic) bond motifs is 1. The predicted molar refractivity (Wildman–Crippen MR) is 111 cm³/mol. The number of H-pyrrole nitrogens is 1. The van der Waals surface area contributed by atoms with Crippen LogP contribution in [0.2, 0.25) is 0 Å². The van der Waals surface area contributed by atoms with Crippen molar-refractivity contribution in [3.05, 3.63) is 50.5 Å². The third-order valence-corrected chi connectivity index (χ3v) is 6.82. The summed E-state index contributed by atoms with van der Waals surface area (Å²) in [5.74, 6) is 1.17. The Labute approximate surface area is 175 Å². The van der Waals surface area contributed by atoms with Crippen LogP contribution in [-0.4, -0.2) is 46.0 Å². The second-order valence-corrected chi connectivity index (χ2v) is 8.72. The van der Waals surface area contributed by atoms with E-state index in [1.807, 2.05) is 25.7 Å². The molecule has 0 aromatic carbocycles. The van der Waals surface area contributed by atoms with Crippen LogP contribution in [0, 0.1) is 13.8 Å². The molecule has 3 aromatic heterocycles. The van der Waals surface area contributed by atoms with Gasteiger partial charge in [0.15, 0.2) is 0 Å². The van der Waals surface area contributed by atoms with E-state index in [0.717, 1.165) is 27.5 Å². The molecule has 4 rings (SSSR count). The van der Waals surface area contributed by atoms with Gasteiger partial charge in [0.1, 0.15) is 16.5 Å². The van der Waals surface area contributed by atoms with Crippen molar-refractivity contribution >= 4 is 27.4 Å². The quantitative estimate of drug-likeness (QED) is 0.673. The van der Waals surface area contributed by atoms with E-state index < -0.39 is 11.7 Å². The molecule has 160 valence electrons. The maximum Gasteiger partial charge on any atom is 0.417 e. The van der Waals surface area contributed by atoms with Crippen LogP contribution in [0.15, 0.2) is 23.1 Å². The molecular weight excluding hydrogens is 415 g/mol. The van der Waals surface area contributed by atoms with Crippen LogP contribution in [0.4, 0.5) is 19.0 Å². The lowest BCUT2D eigenvalue weighted by atomic mass is 10.2. The molecule has 4 heterocycles. The van der Waals surface area contributed by atoms with E-state index in [4.69, 9.17) is 4.98 Å². The molecule has 6 nitrogen and oxygen atoms in total. The largest absolute Gasteiger partial charge is 0.417 e. The lowest BCUT2D eigenvalue weighted by Crippen LogP contribution is -2.47. The van der Waals surface area contributed by atoms with Crippen molar-refractivity contribution in [1.82, 2.24) is 19.9 Å². The Morgan fingerprint density at radius 2 is 1.87 bits per heavy atom. The van der Waals surface area contributed by atoms with Crippen molar-refractivity contribution in [2.24, 2.45) is 0 Å². The smallest absolute Gasteiger partial charge is 0.354 e. The third-order valence-electron chi connectivity index (χ3n) is 5.71. The molecule has 1 aliphatic heterocycles. The minimum atomic E-state index is -4.38.